The Labute approximate surface area is 509 Å². The Morgan fingerprint density at radius 3 is 1.07 bits per heavy atom. The van der Waals surface area contributed by atoms with Gasteiger partial charge >= 0.3 is 7.82 Å². The van der Waals surface area contributed by atoms with Crippen molar-refractivity contribution >= 4 is 13.7 Å². The van der Waals surface area contributed by atoms with Crippen molar-refractivity contribution in [3.05, 3.63) is 97.2 Å². The molecule has 0 aliphatic carbocycles. The molecule has 8 nitrogen and oxygen atoms in total. The number of hydrogen-bond acceptors (Lipinski definition) is 5. The molecule has 3 unspecified atom stereocenters. The highest BCUT2D eigenvalue weighted by molar-refractivity contribution is 7.47. The van der Waals surface area contributed by atoms with Gasteiger partial charge < -0.3 is 19.8 Å². The van der Waals surface area contributed by atoms with Crippen molar-refractivity contribution < 1.29 is 32.9 Å². The maximum atomic E-state index is 13.1. The van der Waals surface area contributed by atoms with Crippen LogP contribution in [0.25, 0.3) is 0 Å². The number of nitrogens with zero attached hydrogens (tertiary/aromatic N) is 1. The Morgan fingerprint density at radius 1 is 0.427 bits per heavy atom. The predicted octanol–water partition coefficient (Wildman–Crippen LogP) is 22.1. The lowest BCUT2D eigenvalue weighted by Gasteiger charge is -2.26. The quantitative estimate of drug-likeness (QED) is 0.0243. The molecule has 0 spiro atoms. The second-order valence-corrected chi connectivity index (χ2v) is 26.0. The van der Waals surface area contributed by atoms with Crippen molar-refractivity contribution in [1.29, 1.82) is 0 Å². The van der Waals surface area contributed by atoms with E-state index in [-0.39, 0.29) is 19.1 Å². The summed E-state index contributed by atoms with van der Waals surface area (Å²) in [6.45, 7) is 4.80. The van der Waals surface area contributed by atoms with E-state index in [2.05, 4.69) is 116 Å². The molecule has 0 radical (unpaired) electrons. The largest absolute Gasteiger partial charge is 0.472 e. The highest BCUT2D eigenvalue weighted by Gasteiger charge is 2.28. The first-order valence-corrected chi connectivity index (χ1v) is 36.1. The van der Waals surface area contributed by atoms with Gasteiger partial charge in [-0.15, -0.1) is 0 Å². The van der Waals surface area contributed by atoms with Crippen LogP contribution >= 0.6 is 7.82 Å². The third kappa shape index (κ3) is 65.0. The van der Waals surface area contributed by atoms with Crippen LogP contribution in [0.5, 0.6) is 0 Å². The van der Waals surface area contributed by atoms with Crippen LogP contribution in [0.15, 0.2) is 97.2 Å². The Bertz CT molecular complexity index is 1660. The van der Waals surface area contributed by atoms with Gasteiger partial charge in [0.05, 0.1) is 39.9 Å². The fraction of sp³-hybridized carbons (Fsp3) is 0.767. The Balaban J connectivity index is 4.03. The van der Waals surface area contributed by atoms with Gasteiger partial charge in [-0.1, -0.05) is 323 Å². The summed E-state index contributed by atoms with van der Waals surface area (Å²) in [4.78, 5) is 23.4. The molecule has 0 aliphatic heterocycles. The van der Waals surface area contributed by atoms with E-state index in [9.17, 15) is 19.4 Å². The molecule has 0 fully saturated rings. The number of unbranched alkanes of at least 4 members (excludes halogenated alkanes) is 34. The first kappa shape index (κ1) is 79.4. The van der Waals surface area contributed by atoms with Gasteiger partial charge in [0.2, 0.25) is 5.91 Å². The number of hydrogen-bond donors (Lipinski definition) is 3. The highest BCUT2D eigenvalue weighted by Crippen LogP contribution is 2.43. The second-order valence-electron chi connectivity index (χ2n) is 24.5. The molecular formula is C73H134N2O6P+. The number of likely N-dealkylation sites (N-methyl/N-ethyl adjacent to an activating group) is 1. The molecule has 0 aliphatic rings. The first-order valence-electron chi connectivity index (χ1n) is 34.6. The van der Waals surface area contributed by atoms with Gasteiger partial charge in [0.1, 0.15) is 13.2 Å². The first-order chi connectivity index (χ1) is 40.0. The molecule has 0 aromatic heterocycles. The van der Waals surface area contributed by atoms with Crippen molar-refractivity contribution in [2.24, 2.45) is 0 Å². The molecule has 0 bridgehead atoms. The van der Waals surface area contributed by atoms with Crippen molar-refractivity contribution in [2.45, 2.75) is 321 Å². The third-order valence-electron chi connectivity index (χ3n) is 15.3. The van der Waals surface area contributed by atoms with Crippen LogP contribution in [0.1, 0.15) is 309 Å². The van der Waals surface area contributed by atoms with Gasteiger partial charge in [-0.2, -0.15) is 0 Å². The fourth-order valence-electron chi connectivity index (χ4n) is 10.0. The number of amides is 1. The Kier molecular flexibility index (Phi) is 61.0. The molecule has 1 amide bonds. The summed E-state index contributed by atoms with van der Waals surface area (Å²) in [5.74, 6) is -0.144. The van der Waals surface area contributed by atoms with Gasteiger partial charge in [0, 0.05) is 6.42 Å². The average Bonchev–Trinajstić information content (AvgIpc) is 3.46. The van der Waals surface area contributed by atoms with Crippen LogP contribution in [0.3, 0.4) is 0 Å². The minimum Gasteiger partial charge on any atom is -0.391 e. The van der Waals surface area contributed by atoms with E-state index in [0.717, 1.165) is 89.9 Å². The average molecular weight is 1170 g/mol. The van der Waals surface area contributed by atoms with E-state index in [1.54, 1.807) is 0 Å². The molecule has 82 heavy (non-hydrogen) atoms. The van der Waals surface area contributed by atoms with Crippen LogP contribution in [0.2, 0.25) is 0 Å². The van der Waals surface area contributed by atoms with Crippen LogP contribution in [-0.2, 0) is 18.4 Å². The van der Waals surface area contributed by atoms with E-state index < -0.39 is 20.0 Å². The fourth-order valence-corrected chi connectivity index (χ4v) is 10.7. The van der Waals surface area contributed by atoms with E-state index in [1.807, 2.05) is 21.1 Å². The lowest BCUT2D eigenvalue weighted by Crippen LogP contribution is -2.46. The maximum absolute atomic E-state index is 13.1. The van der Waals surface area contributed by atoms with Crippen LogP contribution in [0.4, 0.5) is 0 Å². The topological polar surface area (TPSA) is 105 Å². The molecule has 476 valence electrons. The smallest absolute Gasteiger partial charge is 0.391 e. The maximum Gasteiger partial charge on any atom is 0.472 e. The van der Waals surface area contributed by atoms with Crippen LogP contribution in [0, 0.1) is 0 Å². The standard InChI is InChI=1S/C73H133N2O6P/c1-6-8-10-12-14-16-18-20-22-24-26-28-29-30-31-32-33-34-35-36-37-38-39-40-41-42-43-44-45-47-49-51-53-55-57-59-61-63-65-67-73(77)74-71(70-81-82(78,79)80-69-68-75(3,4)5)72(76)66-64-62-60-58-56-54-52-50-48-46-27-25-23-21-19-17-15-13-11-9-7-2/h8,10,14,16,20,22,26,28,30-31,33-34,36-37,39-40,71-72,76H,6-7,9,11-13,15,17-19,21,23-25,27,29,32,35,38,41-70H2,1-5H3,(H-,74,77,78,79)/p+1/b10-8-,16-14-,22-20-,28-26-,31-30-,34-33-,37-36-,40-39-. The molecule has 0 aromatic rings. The van der Waals surface area contributed by atoms with Crippen LogP contribution in [-0.4, -0.2) is 73.4 Å². The number of aliphatic hydroxyl groups is 1. The molecule has 0 rings (SSSR count). The summed E-state index contributed by atoms with van der Waals surface area (Å²) in [5, 5.41) is 14.1. The van der Waals surface area contributed by atoms with Crippen molar-refractivity contribution in [3.8, 4) is 0 Å². The van der Waals surface area contributed by atoms with Gasteiger partial charge in [-0.05, 0) is 77.0 Å². The van der Waals surface area contributed by atoms with Crippen molar-refractivity contribution in [1.82, 2.24) is 5.32 Å². The second kappa shape index (κ2) is 62.9. The molecule has 0 saturated carbocycles. The molecule has 9 heteroatoms. The summed E-state index contributed by atoms with van der Waals surface area (Å²) in [7, 11) is 1.62. The monoisotopic (exact) mass is 1170 g/mol. The number of phosphoric acid groups is 1. The molecule has 3 N–H and O–H groups in total. The van der Waals surface area contributed by atoms with Gasteiger partial charge in [-0.25, -0.2) is 4.57 Å². The van der Waals surface area contributed by atoms with Crippen molar-refractivity contribution in [2.75, 3.05) is 40.9 Å². The van der Waals surface area contributed by atoms with Gasteiger partial charge in [0.25, 0.3) is 0 Å². The third-order valence-corrected chi connectivity index (χ3v) is 16.3. The number of nitrogens with one attached hydrogen (secondary N) is 1. The summed E-state index contributed by atoms with van der Waals surface area (Å²) in [6.07, 6.45) is 90.7. The number of allylic oxidation sites excluding steroid dienone is 16. The molecule has 0 aromatic carbocycles. The lowest BCUT2D eigenvalue weighted by atomic mass is 10.0. The number of phosphoric ester groups is 1. The number of carbonyl (C=O) groups excluding carboxylic acids is 1. The van der Waals surface area contributed by atoms with E-state index in [4.69, 9.17) is 9.05 Å². The summed E-state index contributed by atoms with van der Waals surface area (Å²) in [6, 6.07) is -0.766. The Morgan fingerprint density at radius 2 is 0.732 bits per heavy atom. The Hall–Kier alpha value is -2.58. The number of quaternary nitrogens is 1. The number of carbonyl (C=O) groups is 1. The minimum atomic E-state index is -4.33. The zero-order valence-electron chi connectivity index (χ0n) is 54.5. The normalized spacial score (nSPS) is 14.3. The zero-order valence-corrected chi connectivity index (χ0v) is 55.4. The lowest BCUT2D eigenvalue weighted by molar-refractivity contribution is -0.870. The van der Waals surface area contributed by atoms with Gasteiger partial charge in [0.15, 0.2) is 0 Å². The minimum absolute atomic E-state index is 0.0725. The molecule has 3 atom stereocenters. The molecule has 0 saturated heterocycles. The summed E-state index contributed by atoms with van der Waals surface area (Å²) in [5.41, 5.74) is 0. The van der Waals surface area contributed by atoms with E-state index >= 15 is 0 Å². The van der Waals surface area contributed by atoms with E-state index in [1.165, 1.54) is 193 Å². The van der Waals surface area contributed by atoms with Crippen molar-refractivity contribution in [3.63, 3.8) is 0 Å². The zero-order chi connectivity index (χ0) is 59.8. The number of rotatable bonds is 63. The molecule has 0 heterocycles. The SMILES string of the molecule is CC/C=C\C/C=C\C/C=C\C/C=C\C/C=C\C/C=C\C/C=C\C/C=C\CCCCCCCCCCCCCCCCC(=O)NC(COP(=O)(O)OCC[N+](C)(C)C)C(O)CCCCCCCCCCCCCCCCCCCCCCC. The van der Waals surface area contributed by atoms with Crippen LogP contribution < -0.4 is 5.32 Å². The summed E-state index contributed by atoms with van der Waals surface area (Å²) < 4.78 is 23.9. The van der Waals surface area contributed by atoms with E-state index in [0.29, 0.717) is 23.9 Å². The van der Waals surface area contributed by atoms with Gasteiger partial charge in [-0.3, -0.25) is 13.8 Å². The molecular weight excluding hydrogens is 1030 g/mol. The predicted molar refractivity (Wildman–Crippen MR) is 359 cm³/mol. The number of aliphatic hydroxyl groups excluding tert-OH is 1. The highest BCUT2D eigenvalue weighted by atomic mass is 31.2. The summed E-state index contributed by atoms with van der Waals surface area (Å²) >= 11 is 0.